The number of aromatic nitrogens is 3. The Morgan fingerprint density at radius 2 is 1.93 bits per heavy atom. The smallest absolute Gasteiger partial charge is 0.320 e. The van der Waals surface area contributed by atoms with E-state index in [4.69, 9.17) is 4.52 Å². The van der Waals surface area contributed by atoms with Crippen molar-refractivity contribution in [3.63, 3.8) is 0 Å². The first kappa shape index (κ1) is 17.9. The van der Waals surface area contributed by atoms with Gasteiger partial charge in [-0.3, -0.25) is 4.57 Å². The minimum absolute atomic E-state index is 0.0817. The van der Waals surface area contributed by atoms with Gasteiger partial charge in [0.25, 0.3) is 0 Å². The summed E-state index contributed by atoms with van der Waals surface area (Å²) in [5, 5.41) is 10.0. The van der Waals surface area contributed by atoms with Crippen LogP contribution >= 0.6 is 0 Å². The maximum Gasteiger partial charge on any atom is 0.320 e. The SMILES string of the molecule is CC(NC(=O)NCc1noc2ccccc12)c1nc2ccccc2n1C(F)F. The van der Waals surface area contributed by atoms with Crippen molar-refractivity contribution >= 4 is 28.0 Å². The molecule has 4 rings (SSSR count). The predicted octanol–water partition coefficient (Wildman–Crippen LogP) is 4.13. The van der Waals surface area contributed by atoms with Crippen LogP contribution in [0, 0.1) is 0 Å². The number of imidazole rings is 1. The fraction of sp³-hybridized carbons (Fsp3) is 0.211. The molecule has 1 unspecified atom stereocenters. The molecule has 2 N–H and O–H groups in total. The minimum atomic E-state index is -2.77. The molecule has 0 spiro atoms. The third-order valence-electron chi connectivity index (χ3n) is 4.42. The lowest BCUT2D eigenvalue weighted by molar-refractivity contribution is 0.0699. The van der Waals surface area contributed by atoms with E-state index in [-0.39, 0.29) is 12.4 Å². The van der Waals surface area contributed by atoms with E-state index >= 15 is 0 Å². The number of urea groups is 1. The summed E-state index contributed by atoms with van der Waals surface area (Å²) < 4.78 is 33.1. The standard InChI is InChI=1S/C19H17F2N5O2/c1-11(17-24-13-7-3-4-8-15(13)26(17)18(20)21)23-19(27)22-10-14-12-6-2-5-9-16(12)28-25-14/h2-9,11,18H,10H2,1H3,(H2,22,23,27). The summed E-state index contributed by atoms with van der Waals surface area (Å²) in [4.78, 5) is 16.5. The Morgan fingerprint density at radius 1 is 1.18 bits per heavy atom. The molecule has 0 aliphatic carbocycles. The lowest BCUT2D eigenvalue weighted by Gasteiger charge is -2.16. The Bertz CT molecular complexity index is 1140. The van der Waals surface area contributed by atoms with E-state index in [2.05, 4.69) is 20.8 Å². The number of alkyl halides is 2. The summed E-state index contributed by atoms with van der Waals surface area (Å²) in [5.41, 5.74) is 1.97. The molecular weight excluding hydrogens is 368 g/mol. The zero-order valence-electron chi connectivity index (χ0n) is 14.9. The van der Waals surface area contributed by atoms with E-state index < -0.39 is 18.6 Å². The Hall–Kier alpha value is -3.49. The van der Waals surface area contributed by atoms with Gasteiger partial charge in [-0.25, -0.2) is 9.78 Å². The molecule has 0 fully saturated rings. The molecule has 0 radical (unpaired) electrons. The molecule has 0 bridgehead atoms. The van der Waals surface area contributed by atoms with Crippen LogP contribution in [0.2, 0.25) is 0 Å². The highest BCUT2D eigenvalue weighted by molar-refractivity contribution is 5.80. The van der Waals surface area contributed by atoms with Crippen LogP contribution in [-0.2, 0) is 6.54 Å². The largest absolute Gasteiger partial charge is 0.356 e. The van der Waals surface area contributed by atoms with Gasteiger partial charge in [0.1, 0.15) is 11.5 Å². The van der Waals surface area contributed by atoms with E-state index in [9.17, 15) is 13.6 Å². The summed E-state index contributed by atoms with van der Waals surface area (Å²) in [7, 11) is 0. The van der Waals surface area contributed by atoms with Crippen LogP contribution in [-0.4, -0.2) is 20.7 Å². The molecule has 0 aliphatic heterocycles. The zero-order valence-corrected chi connectivity index (χ0v) is 14.9. The molecule has 0 aliphatic rings. The lowest BCUT2D eigenvalue weighted by Crippen LogP contribution is -2.37. The molecule has 4 aromatic rings. The van der Waals surface area contributed by atoms with Crippen LogP contribution in [0.1, 0.15) is 31.0 Å². The number of nitrogens with one attached hydrogen (secondary N) is 2. The van der Waals surface area contributed by atoms with Crippen molar-refractivity contribution in [3.8, 4) is 0 Å². The molecule has 2 aromatic carbocycles. The van der Waals surface area contributed by atoms with Crippen LogP contribution in [0.3, 0.4) is 0 Å². The van der Waals surface area contributed by atoms with E-state index in [0.717, 1.165) is 9.95 Å². The fourth-order valence-corrected chi connectivity index (χ4v) is 3.12. The van der Waals surface area contributed by atoms with E-state index in [1.807, 2.05) is 18.2 Å². The summed E-state index contributed by atoms with van der Waals surface area (Å²) in [5.74, 6) is 0.0817. The third-order valence-corrected chi connectivity index (χ3v) is 4.42. The molecule has 0 saturated carbocycles. The molecule has 0 saturated heterocycles. The summed E-state index contributed by atoms with van der Waals surface area (Å²) >= 11 is 0. The number of carbonyl (C=O) groups is 1. The Labute approximate surface area is 158 Å². The van der Waals surface area contributed by atoms with Crippen LogP contribution in [0.25, 0.3) is 22.0 Å². The molecule has 2 aromatic heterocycles. The molecule has 1 atom stereocenters. The molecule has 2 amide bonds. The van der Waals surface area contributed by atoms with Gasteiger partial charge in [-0.2, -0.15) is 8.78 Å². The number of amides is 2. The second-order valence-electron chi connectivity index (χ2n) is 6.28. The molecule has 9 heteroatoms. The number of hydrogen-bond donors (Lipinski definition) is 2. The predicted molar refractivity (Wildman–Crippen MR) is 98.8 cm³/mol. The Morgan fingerprint density at radius 3 is 2.75 bits per heavy atom. The topological polar surface area (TPSA) is 85.0 Å². The van der Waals surface area contributed by atoms with Gasteiger partial charge < -0.3 is 15.2 Å². The van der Waals surface area contributed by atoms with Gasteiger partial charge >= 0.3 is 12.6 Å². The van der Waals surface area contributed by atoms with Gasteiger partial charge in [-0.1, -0.05) is 29.4 Å². The van der Waals surface area contributed by atoms with Gasteiger partial charge in [0.2, 0.25) is 0 Å². The van der Waals surface area contributed by atoms with Crippen LogP contribution in [0.15, 0.2) is 53.1 Å². The summed E-state index contributed by atoms with van der Waals surface area (Å²) in [6, 6.07) is 12.7. The number of fused-ring (bicyclic) bond motifs is 2. The van der Waals surface area contributed by atoms with Crippen molar-refractivity contribution in [2.24, 2.45) is 0 Å². The van der Waals surface area contributed by atoms with Crippen LogP contribution < -0.4 is 10.6 Å². The van der Waals surface area contributed by atoms with Crippen molar-refractivity contribution in [2.45, 2.75) is 26.1 Å². The van der Waals surface area contributed by atoms with Crippen molar-refractivity contribution in [2.75, 3.05) is 0 Å². The molecule has 7 nitrogen and oxygen atoms in total. The Kier molecular flexibility index (Phi) is 4.64. The van der Waals surface area contributed by atoms with E-state index in [1.165, 1.54) is 0 Å². The summed E-state index contributed by atoms with van der Waals surface area (Å²) in [6.45, 7) is -1.03. The van der Waals surface area contributed by atoms with Crippen molar-refractivity contribution in [1.29, 1.82) is 0 Å². The molecule has 28 heavy (non-hydrogen) atoms. The maximum atomic E-state index is 13.5. The maximum absolute atomic E-state index is 13.5. The quantitative estimate of drug-likeness (QED) is 0.541. The molecular formula is C19H17F2N5O2. The second-order valence-corrected chi connectivity index (χ2v) is 6.28. The average molecular weight is 385 g/mol. The number of rotatable bonds is 5. The molecule has 2 heterocycles. The minimum Gasteiger partial charge on any atom is -0.356 e. The zero-order chi connectivity index (χ0) is 19.7. The van der Waals surface area contributed by atoms with Crippen LogP contribution in [0.5, 0.6) is 0 Å². The number of nitrogens with zero attached hydrogens (tertiary/aromatic N) is 3. The summed E-state index contributed by atoms with van der Waals surface area (Å²) in [6.07, 6.45) is 0. The first-order valence-corrected chi connectivity index (χ1v) is 8.67. The van der Waals surface area contributed by atoms with Gasteiger partial charge in [0.05, 0.1) is 23.6 Å². The lowest BCUT2D eigenvalue weighted by atomic mass is 10.2. The third kappa shape index (κ3) is 3.26. The number of halogens is 2. The van der Waals surface area contributed by atoms with Crippen molar-refractivity contribution < 1.29 is 18.1 Å². The van der Waals surface area contributed by atoms with Crippen molar-refractivity contribution in [3.05, 3.63) is 60.0 Å². The van der Waals surface area contributed by atoms with Crippen LogP contribution in [0.4, 0.5) is 13.6 Å². The number of carbonyl (C=O) groups excluding carboxylic acids is 1. The fourth-order valence-electron chi connectivity index (χ4n) is 3.12. The number of benzene rings is 2. The van der Waals surface area contributed by atoms with Crippen molar-refractivity contribution in [1.82, 2.24) is 25.3 Å². The normalized spacial score (nSPS) is 12.6. The average Bonchev–Trinajstić information content (AvgIpc) is 3.28. The highest BCUT2D eigenvalue weighted by Gasteiger charge is 2.23. The Balaban J connectivity index is 1.47. The highest BCUT2D eigenvalue weighted by Crippen LogP contribution is 2.26. The van der Waals surface area contributed by atoms with E-state index in [0.29, 0.717) is 22.3 Å². The van der Waals surface area contributed by atoms with Gasteiger partial charge in [0, 0.05) is 5.39 Å². The van der Waals surface area contributed by atoms with E-state index in [1.54, 1.807) is 37.3 Å². The number of para-hydroxylation sites is 3. The monoisotopic (exact) mass is 385 g/mol. The van der Waals surface area contributed by atoms with Gasteiger partial charge in [0.15, 0.2) is 5.58 Å². The van der Waals surface area contributed by atoms with Gasteiger partial charge in [-0.05, 0) is 31.2 Å². The highest BCUT2D eigenvalue weighted by atomic mass is 19.3. The molecule has 144 valence electrons. The first-order valence-electron chi connectivity index (χ1n) is 8.67. The van der Waals surface area contributed by atoms with Gasteiger partial charge in [-0.15, -0.1) is 0 Å². The second kappa shape index (κ2) is 7.26. The first-order chi connectivity index (χ1) is 13.5. The number of hydrogen-bond acceptors (Lipinski definition) is 4.